The van der Waals surface area contributed by atoms with Crippen molar-refractivity contribution in [2.75, 3.05) is 11.9 Å². The number of halogens is 2. The molecule has 3 N–H and O–H groups in total. The summed E-state index contributed by atoms with van der Waals surface area (Å²) in [5.74, 6) is 0.0322. The topological polar surface area (TPSA) is 101 Å². The largest absolute Gasteiger partial charge is 0.387 e. The molecular formula is C26H29F2N7O. The van der Waals surface area contributed by atoms with Crippen molar-refractivity contribution in [2.24, 2.45) is 0 Å². The van der Waals surface area contributed by atoms with Gasteiger partial charge in [-0.3, -0.25) is 0 Å². The number of hydrogen-bond acceptors (Lipinski definition) is 7. The third-order valence-corrected chi connectivity index (χ3v) is 6.56. The molecule has 1 aromatic carbocycles. The Kier molecular flexibility index (Phi) is 6.63. The number of pyridine rings is 1. The minimum atomic E-state index is -0.668. The number of nitrogens with zero attached hydrogens (tertiary/aromatic N) is 5. The van der Waals surface area contributed by atoms with Gasteiger partial charge in [0, 0.05) is 29.4 Å². The highest BCUT2D eigenvalue weighted by atomic mass is 19.1. The summed E-state index contributed by atoms with van der Waals surface area (Å²) in [5, 5.41) is 17.0. The molecule has 0 aliphatic carbocycles. The number of hydrogen-bond donors (Lipinski definition) is 3. The Balaban J connectivity index is 1.41. The molecule has 0 amide bonds. The highest BCUT2D eigenvalue weighted by Gasteiger charge is 2.23. The zero-order valence-electron chi connectivity index (χ0n) is 20.5. The van der Waals surface area contributed by atoms with Crippen molar-refractivity contribution in [1.29, 1.82) is 0 Å². The van der Waals surface area contributed by atoms with Crippen LogP contribution in [-0.2, 0) is 0 Å². The molecule has 10 heteroatoms. The average Bonchev–Trinajstić information content (AvgIpc) is 3.22. The van der Waals surface area contributed by atoms with E-state index >= 15 is 0 Å². The number of piperidine rings is 1. The Morgan fingerprint density at radius 3 is 2.61 bits per heavy atom. The summed E-state index contributed by atoms with van der Waals surface area (Å²) >= 11 is 0. The highest BCUT2D eigenvalue weighted by Crippen LogP contribution is 2.30. The Labute approximate surface area is 207 Å². The van der Waals surface area contributed by atoms with Gasteiger partial charge in [0.1, 0.15) is 22.9 Å². The minimum Gasteiger partial charge on any atom is -0.387 e. The molecule has 5 rings (SSSR count). The van der Waals surface area contributed by atoms with Crippen LogP contribution in [0.25, 0.3) is 22.3 Å². The van der Waals surface area contributed by atoms with Gasteiger partial charge in [0.25, 0.3) is 0 Å². The average molecular weight is 494 g/mol. The number of fused-ring (bicyclic) bond motifs is 1. The number of aliphatic hydroxyl groups is 1. The van der Waals surface area contributed by atoms with E-state index in [9.17, 15) is 13.9 Å². The maximum absolute atomic E-state index is 14.9. The van der Waals surface area contributed by atoms with Crippen molar-refractivity contribution >= 4 is 22.8 Å². The predicted octanol–water partition coefficient (Wildman–Crippen LogP) is 4.97. The van der Waals surface area contributed by atoms with Crippen molar-refractivity contribution in [3.63, 3.8) is 0 Å². The van der Waals surface area contributed by atoms with E-state index in [2.05, 4.69) is 30.6 Å². The molecule has 0 spiro atoms. The third kappa shape index (κ3) is 4.66. The fraction of sp³-hybridized carbons (Fsp3) is 0.385. The van der Waals surface area contributed by atoms with E-state index in [1.54, 1.807) is 24.4 Å². The Morgan fingerprint density at radius 2 is 1.92 bits per heavy atom. The van der Waals surface area contributed by atoms with E-state index in [1.165, 1.54) is 6.07 Å². The molecule has 2 atom stereocenters. The molecule has 0 unspecified atom stereocenters. The van der Waals surface area contributed by atoms with Crippen LogP contribution in [0.5, 0.6) is 0 Å². The first-order valence-electron chi connectivity index (χ1n) is 12.2. The normalized spacial score (nSPS) is 17.0. The van der Waals surface area contributed by atoms with Crippen molar-refractivity contribution < 1.29 is 13.9 Å². The Morgan fingerprint density at radius 1 is 1.08 bits per heavy atom. The van der Waals surface area contributed by atoms with Crippen LogP contribution in [0, 0.1) is 18.6 Å². The molecule has 0 saturated carbocycles. The van der Waals surface area contributed by atoms with Gasteiger partial charge in [-0.15, -0.1) is 0 Å². The van der Waals surface area contributed by atoms with Crippen molar-refractivity contribution in [3.05, 3.63) is 59.7 Å². The second kappa shape index (κ2) is 9.87. The van der Waals surface area contributed by atoms with Crippen LogP contribution in [0.4, 0.5) is 20.5 Å². The van der Waals surface area contributed by atoms with Crippen molar-refractivity contribution in [1.82, 2.24) is 29.8 Å². The molecular weight excluding hydrogens is 464 g/mol. The summed E-state index contributed by atoms with van der Waals surface area (Å²) in [5.41, 5.74) is 1.79. The van der Waals surface area contributed by atoms with Crippen LogP contribution in [-0.4, -0.2) is 42.2 Å². The SMILES string of the molecule is Cc1nc2c(F)cc(-c3nc(Nc4ccc([C@H](O)[C@H]5CCCCN5)cn4)ncc3F)cc2n1C(C)C. The number of aromatic nitrogens is 5. The maximum atomic E-state index is 14.9. The van der Waals surface area contributed by atoms with Crippen LogP contribution in [0.1, 0.15) is 56.6 Å². The predicted molar refractivity (Wildman–Crippen MR) is 134 cm³/mol. The second-order valence-electron chi connectivity index (χ2n) is 9.44. The van der Waals surface area contributed by atoms with Crippen LogP contribution in [0.15, 0.2) is 36.7 Å². The summed E-state index contributed by atoms with van der Waals surface area (Å²) in [6.07, 6.45) is 5.12. The van der Waals surface area contributed by atoms with Gasteiger partial charge < -0.3 is 20.3 Å². The van der Waals surface area contributed by atoms with Crippen LogP contribution in [0.3, 0.4) is 0 Å². The lowest BCUT2D eigenvalue weighted by molar-refractivity contribution is 0.113. The zero-order chi connectivity index (χ0) is 25.4. The molecule has 3 aromatic heterocycles. The van der Waals surface area contributed by atoms with E-state index in [0.717, 1.165) is 32.0 Å². The van der Waals surface area contributed by atoms with Crippen molar-refractivity contribution in [2.45, 2.75) is 58.2 Å². The number of aryl methyl sites for hydroxylation is 1. The molecule has 1 fully saturated rings. The smallest absolute Gasteiger partial charge is 0.229 e. The van der Waals surface area contributed by atoms with E-state index in [1.807, 2.05) is 25.3 Å². The van der Waals surface area contributed by atoms with E-state index in [4.69, 9.17) is 0 Å². The number of rotatable bonds is 6. The van der Waals surface area contributed by atoms with Crippen LogP contribution >= 0.6 is 0 Å². The molecule has 188 valence electrons. The fourth-order valence-electron chi connectivity index (χ4n) is 4.84. The fourth-order valence-corrected chi connectivity index (χ4v) is 4.84. The summed E-state index contributed by atoms with van der Waals surface area (Å²) in [6, 6.07) is 6.50. The van der Waals surface area contributed by atoms with Gasteiger partial charge >= 0.3 is 0 Å². The lowest BCUT2D eigenvalue weighted by Gasteiger charge is -2.28. The van der Waals surface area contributed by atoms with Crippen LogP contribution < -0.4 is 10.6 Å². The molecule has 0 radical (unpaired) electrons. The minimum absolute atomic E-state index is 0.0101. The molecule has 4 aromatic rings. The highest BCUT2D eigenvalue weighted by molar-refractivity contribution is 5.83. The number of nitrogens with one attached hydrogen (secondary N) is 2. The maximum Gasteiger partial charge on any atom is 0.229 e. The summed E-state index contributed by atoms with van der Waals surface area (Å²) in [6.45, 7) is 6.68. The second-order valence-corrected chi connectivity index (χ2v) is 9.44. The number of anilines is 2. The summed E-state index contributed by atoms with van der Waals surface area (Å²) in [4.78, 5) is 17.0. The molecule has 1 saturated heterocycles. The quantitative estimate of drug-likeness (QED) is 0.348. The molecule has 36 heavy (non-hydrogen) atoms. The van der Waals surface area contributed by atoms with Gasteiger partial charge in [-0.05, 0) is 58.4 Å². The molecule has 0 bridgehead atoms. The first-order valence-corrected chi connectivity index (χ1v) is 12.2. The lowest BCUT2D eigenvalue weighted by atomic mass is 9.96. The number of aliphatic hydroxyl groups excluding tert-OH is 1. The van der Waals surface area contributed by atoms with Gasteiger partial charge in [0.15, 0.2) is 11.6 Å². The monoisotopic (exact) mass is 493 g/mol. The first kappa shape index (κ1) is 24.2. The van der Waals surface area contributed by atoms with Gasteiger partial charge in [0.2, 0.25) is 5.95 Å². The first-order chi connectivity index (χ1) is 17.3. The molecule has 1 aliphatic rings. The van der Waals surface area contributed by atoms with Gasteiger partial charge in [-0.25, -0.2) is 28.7 Å². The number of imidazole rings is 1. The van der Waals surface area contributed by atoms with Crippen LogP contribution in [0.2, 0.25) is 0 Å². The van der Waals surface area contributed by atoms with E-state index < -0.39 is 17.7 Å². The Hall–Kier alpha value is -3.50. The van der Waals surface area contributed by atoms with E-state index in [-0.39, 0.29) is 34.8 Å². The number of benzene rings is 1. The molecule has 4 heterocycles. The third-order valence-electron chi connectivity index (χ3n) is 6.56. The lowest BCUT2D eigenvalue weighted by Crippen LogP contribution is -2.38. The van der Waals surface area contributed by atoms with Gasteiger partial charge in [0.05, 0.1) is 17.8 Å². The zero-order valence-corrected chi connectivity index (χ0v) is 20.5. The Bertz CT molecular complexity index is 1380. The summed E-state index contributed by atoms with van der Waals surface area (Å²) in [7, 11) is 0. The molecule has 8 nitrogen and oxygen atoms in total. The summed E-state index contributed by atoms with van der Waals surface area (Å²) < 4.78 is 31.6. The van der Waals surface area contributed by atoms with Gasteiger partial charge in [-0.1, -0.05) is 12.5 Å². The van der Waals surface area contributed by atoms with E-state index in [0.29, 0.717) is 22.7 Å². The standard InChI is InChI=1S/C26H29F2N7O/c1-14(2)35-15(3)32-24-18(27)10-17(11-21(24)35)23-19(28)13-31-26(34-23)33-22-8-7-16(12-30-22)25(36)20-6-4-5-9-29-20/h7-8,10-14,20,25,29,36H,4-6,9H2,1-3H3,(H,30,31,33,34)/t20-,25+/m1/s1. The van der Waals surface area contributed by atoms with Gasteiger partial charge in [-0.2, -0.15) is 0 Å². The van der Waals surface area contributed by atoms with Crippen molar-refractivity contribution in [3.8, 4) is 11.3 Å². The molecule has 1 aliphatic heterocycles.